The second kappa shape index (κ2) is 11.9. The number of furan rings is 1. The molecular formula is C54H41NO. The Labute approximate surface area is 328 Å². The fourth-order valence-corrected chi connectivity index (χ4v) is 9.89. The van der Waals surface area contributed by atoms with Crippen LogP contribution in [-0.2, 0) is 10.8 Å². The third kappa shape index (κ3) is 4.62. The van der Waals surface area contributed by atoms with Gasteiger partial charge in [-0.25, -0.2) is 0 Å². The van der Waals surface area contributed by atoms with E-state index in [2.05, 4.69) is 202 Å². The number of hydrogen-bond donors (Lipinski definition) is 0. The summed E-state index contributed by atoms with van der Waals surface area (Å²) >= 11 is 0. The van der Waals surface area contributed by atoms with Crippen molar-refractivity contribution in [2.24, 2.45) is 0 Å². The Kier molecular flexibility index (Phi) is 6.98. The van der Waals surface area contributed by atoms with Gasteiger partial charge >= 0.3 is 0 Å². The van der Waals surface area contributed by atoms with Gasteiger partial charge < -0.3 is 9.32 Å². The average Bonchev–Trinajstić information content (AvgIpc) is 3.81. The quantitative estimate of drug-likeness (QED) is 0.176. The van der Waals surface area contributed by atoms with Gasteiger partial charge in [0.05, 0.1) is 11.4 Å². The molecule has 8 aromatic carbocycles. The zero-order chi connectivity index (χ0) is 37.8. The Morgan fingerprint density at radius 2 is 0.946 bits per heavy atom. The van der Waals surface area contributed by atoms with Gasteiger partial charge in [-0.3, -0.25) is 0 Å². The van der Waals surface area contributed by atoms with Crippen LogP contribution in [-0.4, -0.2) is 0 Å². The van der Waals surface area contributed by atoms with Crippen molar-refractivity contribution in [2.75, 3.05) is 4.90 Å². The van der Waals surface area contributed by atoms with E-state index < -0.39 is 0 Å². The predicted octanol–water partition coefficient (Wildman–Crippen LogP) is 15.0. The third-order valence-electron chi connectivity index (χ3n) is 12.7. The van der Waals surface area contributed by atoms with Crippen molar-refractivity contribution in [3.05, 3.63) is 198 Å². The minimum Gasteiger partial charge on any atom is -0.455 e. The molecule has 2 heteroatoms. The molecule has 268 valence electrons. The molecule has 9 aromatic rings. The average molecular weight is 720 g/mol. The summed E-state index contributed by atoms with van der Waals surface area (Å²) in [7, 11) is 0. The molecule has 11 rings (SSSR count). The number of nitrogens with zero attached hydrogens (tertiary/aromatic N) is 1. The standard InChI is InChI=1S/C54H41NO/c1-53(2)44-21-9-5-16-39(44)43-33-35(29-32-46(43)53)37-15-7-11-24-48(37)55(49-25-14-23-47-51(49)42-18-6-10-22-45(42)54(47,3)4)36-30-27-34(28-31-36)38-19-13-20-41-40-17-8-12-26-50(40)56-52(38)41/h5-33H,1-4H3. The van der Waals surface area contributed by atoms with E-state index >= 15 is 0 Å². The monoisotopic (exact) mass is 719 g/mol. The normalized spacial score (nSPS) is 14.4. The SMILES string of the molecule is CC1(C)c2ccccc2-c2cc(-c3ccccc3N(c3ccc(-c4cccc5c4oc4ccccc45)cc3)c3cccc4c3-c3ccccc3C4(C)C)ccc21. The van der Waals surface area contributed by atoms with Gasteiger partial charge in [0.25, 0.3) is 0 Å². The summed E-state index contributed by atoms with van der Waals surface area (Å²) in [5, 5.41) is 2.28. The summed E-state index contributed by atoms with van der Waals surface area (Å²) in [5.74, 6) is 0. The first kappa shape index (κ1) is 32.8. The van der Waals surface area contributed by atoms with E-state index in [1.54, 1.807) is 0 Å². The maximum Gasteiger partial charge on any atom is 0.143 e. The van der Waals surface area contributed by atoms with E-state index in [-0.39, 0.29) is 10.8 Å². The van der Waals surface area contributed by atoms with Crippen LogP contribution in [0.1, 0.15) is 49.9 Å². The Hall–Kier alpha value is -6.64. The third-order valence-corrected chi connectivity index (χ3v) is 12.7. The molecule has 1 heterocycles. The minimum absolute atomic E-state index is 0.0464. The van der Waals surface area contributed by atoms with Gasteiger partial charge in [-0.2, -0.15) is 0 Å². The van der Waals surface area contributed by atoms with Crippen LogP contribution in [0.25, 0.3) is 66.4 Å². The van der Waals surface area contributed by atoms with Gasteiger partial charge in [-0.15, -0.1) is 0 Å². The molecule has 0 bridgehead atoms. The molecule has 0 spiro atoms. The molecule has 1 aromatic heterocycles. The lowest BCUT2D eigenvalue weighted by molar-refractivity contribution is 0.660. The first-order valence-corrected chi connectivity index (χ1v) is 19.7. The zero-order valence-electron chi connectivity index (χ0n) is 32.1. The lowest BCUT2D eigenvalue weighted by Gasteiger charge is -2.31. The van der Waals surface area contributed by atoms with Crippen LogP contribution in [0.2, 0.25) is 0 Å². The number of benzene rings is 8. The summed E-state index contributed by atoms with van der Waals surface area (Å²) in [6.45, 7) is 9.41. The maximum atomic E-state index is 6.48. The molecule has 0 amide bonds. The Morgan fingerprint density at radius 1 is 0.393 bits per heavy atom. The van der Waals surface area contributed by atoms with Crippen molar-refractivity contribution in [3.8, 4) is 44.5 Å². The van der Waals surface area contributed by atoms with Gasteiger partial charge in [-0.05, 0) is 86.5 Å². The largest absolute Gasteiger partial charge is 0.455 e. The molecule has 0 atom stereocenters. The summed E-state index contributed by atoms with van der Waals surface area (Å²) in [5.41, 5.74) is 20.4. The minimum atomic E-state index is -0.123. The highest BCUT2D eigenvalue weighted by molar-refractivity contribution is 6.09. The van der Waals surface area contributed by atoms with Crippen molar-refractivity contribution in [1.29, 1.82) is 0 Å². The number of para-hydroxylation sites is 3. The van der Waals surface area contributed by atoms with Crippen LogP contribution in [0, 0.1) is 0 Å². The van der Waals surface area contributed by atoms with E-state index in [0.29, 0.717) is 0 Å². The fourth-order valence-electron chi connectivity index (χ4n) is 9.89. The molecule has 2 nitrogen and oxygen atoms in total. The maximum absolute atomic E-state index is 6.48. The van der Waals surface area contributed by atoms with Crippen molar-refractivity contribution in [3.63, 3.8) is 0 Å². The first-order chi connectivity index (χ1) is 27.3. The van der Waals surface area contributed by atoms with Crippen LogP contribution in [0.3, 0.4) is 0 Å². The van der Waals surface area contributed by atoms with Gasteiger partial charge in [0.15, 0.2) is 0 Å². The summed E-state index contributed by atoms with van der Waals surface area (Å²) in [4.78, 5) is 2.49. The van der Waals surface area contributed by atoms with Crippen molar-refractivity contribution in [2.45, 2.75) is 38.5 Å². The van der Waals surface area contributed by atoms with E-state index in [1.807, 2.05) is 6.07 Å². The molecule has 0 unspecified atom stereocenters. The Morgan fingerprint density at radius 3 is 1.77 bits per heavy atom. The highest BCUT2D eigenvalue weighted by atomic mass is 16.3. The second-order valence-corrected chi connectivity index (χ2v) is 16.5. The molecule has 0 saturated heterocycles. The summed E-state index contributed by atoms with van der Waals surface area (Å²) in [6.07, 6.45) is 0. The van der Waals surface area contributed by atoms with Gasteiger partial charge in [0.1, 0.15) is 11.2 Å². The van der Waals surface area contributed by atoms with Crippen LogP contribution in [0.15, 0.2) is 180 Å². The van der Waals surface area contributed by atoms with Crippen LogP contribution < -0.4 is 4.90 Å². The molecule has 56 heavy (non-hydrogen) atoms. The van der Waals surface area contributed by atoms with E-state index in [4.69, 9.17) is 4.42 Å². The van der Waals surface area contributed by atoms with Crippen LogP contribution >= 0.6 is 0 Å². The highest BCUT2D eigenvalue weighted by Gasteiger charge is 2.38. The Bertz CT molecular complexity index is 3030. The smallest absolute Gasteiger partial charge is 0.143 e. The number of hydrogen-bond acceptors (Lipinski definition) is 2. The lowest BCUT2D eigenvalue weighted by Crippen LogP contribution is -2.16. The molecule has 0 aliphatic heterocycles. The molecule has 0 radical (unpaired) electrons. The first-order valence-electron chi connectivity index (χ1n) is 19.7. The molecular weight excluding hydrogens is 679 g/mol. The molecule has 0 fully saturated rings. The number of fused-ring (bicyclic) bond motifs is 9. The molecule has 0 N–H and O–H groups in total. The van der Waals surface area contributed by atoms with E-state index in [1.165, 1.54) is 61.3 Å². The van der Waals surface area contributed by atoms with E-state index in [9.17, 15) is 0 Å². The van der Waals surface area contributed by atoms with E-state index in [0.717, 1.165) is 44.4 Å². The summed E-state index contributed by atoms with van der Waals surface area (Å²) in [6, 6.07) is 64.6. The summed E-state index contributed by atoms with van der Waals surface area (Å²) < 4.78 is 6.48. The highest BCUT2D eigenvalue weighted by Crippen LogP contribution is 2.56. The number of rotatable bonds is 5. The van der Waals surface area contributed by atoms with Crippen LogP contribution in [0.4, 0.5) is 17.1 Å². The lowest BCUT2D eigenvalue weighted by atomic mass is 9.82. The molecule has 2 aliphatic carbocycles. The van der Waals surface area contributed by atoms with Crippen molar-refractivity contribution >= 4 is 39.0 Å². The van der Waals surface area contributed by atoms with Gasteiger partial charge in [0, 0.05) is 44.0 Å². The second-order valence-electron chi connectivity index (χ2n) is 16.5. The van der Waals surface area contributed by atoms with Crippen molar-refractivity contribution in [1.82, 2.24) is 0 Å². The predicted molar refractivity (Wildman–Crippen MR) is 234 cm³/mol. The van der Waals surface area contributed by atoms with Gasteiger partial charge in [0.2, 0.25) is 0 Å². The van der Waals surface area contributed by atoms with Crippen LogP contribution in [0.5, 0.6) is 0 Å². The molecule has 2 aliphatic rings. The number of anilines is 3. The molecule has 0 saturated carbocycles. The van der Waals surface area contributed by atoms with Gasteiger partial charge in [-0.1, -0.05) is 167 Å². The Balaban J connectivity index is 1.12. The fraction of sp³-hybridized carbons (Fsp3) is 0.111. The zero-order valence-corrected chi connectivity index (χ0v) is 32.1. The topological polar surface area (TPSA) is 16.4 Å². The van der Waals surface area contributed by atoms with Crippen molar-refractivity contribution < 1.29 is 4.42 Å².